The van der Waals surface area contributed by atoms with Gasteiger partial charge < -0.3 is 9.84 Å². The van der Waals surface area contributed by atoms with Gasteiger partial charge in [-0.2, -0.15) is 9.78 Å². The molecule has 0 spiro atoms. The van der Waals surface area contributed by atoms with Gasteiger partial charge in [0.15, 0.2) is 0 Å². The number of nitro groups is 1. The standard InChI is InChI=1S/C27H22BrClN4O6/c1-3-15(2)25-31-22-9-8-19(28)12-20(22)26(34)32(25)30-13-17-10-21(29)24(23(11-17)33(37)38)39-14-16-4-6-18(7-5-16)27(35)36/h4-13,15H,3,14H2,1-2H3,(H,35,36)/t15-/m0/s1. The maximum atomic E-state index is 13.3. The fraction of sp³-hybridized carbons (Fsp3) is 0.185. The number of carboxylic acids is 1. The van der Waals surface area contributed by atoms with E-state index >= 15 is 0 Å². The van der Waals surface area contributed by atoms with Crippen molar-refractivity contribution in [2.24, 2.45) is 5.10 Å². The van der Waals surface area contributed by atoms with Crippen molar-refractivity contribution in [2.75, 3.05) is 0 Å². The summed E-state index contributed by atoms with van der Waals surface area (Å²) in [5, 5.41) is 25.6. The van der Waals surface area contributed by atoms with Crippen molar-refractivity contribution < 1.29 is 19.6 Å². The van der Waals surface area contributed by atoms with Crippen LogP contribution >= 0.6 is 27.5 Å². The van der Waals surface area contributed by atoms with Crippen molar-refractivity contribution >= 4 is 56.3 Å². The van der Waals surface area contributed by atoms with Crippen LogP contribution in [-0.4, -0.2) is 31.9 Å². The predicted molar refractivity (Wildman–Crippen MR) is 151 cm³/mol. The molecule has 1 atom stereocenters. The number of fused-ring (bicyclic) bond motifs is 1. The van der Waals surface area contributed by atoms with E-state index in [4.69, 9.17) is 21.4 Å². The molecule has 0 aliphatic carbocycles. The minimum absolute atomic E-state index is 0.0251. The second-order valence-electron chi connectivity index (χ2n) is 8.70. The third kappa shape index (κ3) is 6.15. The number of nitrogens with zero attached hydrogens (tertiary/aromatic N) is 4. The fourth-order valence-electron chi connectivity index (χ4n) is 3.75. The Kier molecular flexibility index (Phi) is 8.41. The third-order valence-electron chi connectivity index (χ3n) is 6.04. The lowest BCUT2D eigenvalue weighted by Gasteiger charge is -2.14. The van der Waals surface area contributed by atoms with Crippen LogP contribution in [0.15, 0.2) is 69.0 Å². The molecule has 1 N–H and O–H groups in total. The topological polar surface area (TPSA) is 137 Å². The molecule has 0 unspecified atom stereocenters. The van der Waals surface area contributed by atoms with E-state index in [1.807, 2.05) is 13.8 Å². The zero-order valence-corrected chi connectivity index (χ0v) is 23.1. The first-order valence-electron chi connectivity index (χ1n) is 11.8. The molecule has 0 saturated carbocycles. The van der Waals surface area contributed by atoms with Crippen LogP contribution < -0.4 is 10.3 Å². The largest absolute Gasteiger partial charge is 0.481 e. The zero-order valence-electron chi connectivity index (χ0n) is 20.8. The second kappa shape index (κ2) is 11.7. The SMILES string of the molecule is CC[C@H](C)c1nc2ccc(Br)cc2c(=O)n1N=Cc1cc(Cl)c(OCc2ccc(C(=O)O)cc2)c([N+](=O)[O-])c1. The minimum atomic E-state index is -1.07. The molecule has 4 aromatic rings. The van der Waals surface area contributed by atoms with E-state index < -0.39 is 10.9 Å². The number of carbonyl (C=O) groups is 1. The Morgan fingerprint density at radius 3 is 2.62 bits per heavy atom. The lowest BCUT2D eigenvalue weighted by atomic mass is 10.1. The van der Waals surface area contributed by atoms with E-state index in [-0.39, 0.29) is 45.7 Å². The van der Waals surface area contributed by atoms with Crippen LogP contribution in [0.2, 0.25) is 5.02 Å². The van der Waals surface area contributed by atoms with Gasteiger partial charge in [0.25, 0.3) is 5.56 Å². The summed E-state index contributed by atoms with van der Waals surface area (Å²) in [6.07, 6.45) is 2.03. The van der Waals surface area contributed by atoms with Crippen LogP contribution in [0.5, 0.6) is 5.75 Å². The lowest BCUT2D eigenvalue weighted by Crippen LogP contribution is -2.23. The average Bonchev–Trinajstić information content (AvgIpc) is 2.91. The molecule has 3 aromatic carbocycles. The van der Waals surface area contributed by atoms with Gasteiger partial charge in [-0.25, -0.2) is 9.78 Å². The summed E-state index contributed by atoms with van der Waals surface area (Å²) in [4.78, 5) is 40.2. The molecular weight excluding hydrogens is 592 g/mol. The first-order valence-corrected chi connectivity index (χ1v) is 13.0. The van der Waals surface area contributed by atoms with Crippen LogP contribution in [0, 0.1) is 10.1 Å². The van der Waals surface area contributed by atoms with E-state index in [1.54, 1.807) is 30.3 Å². The molecule has 4 rings (SSSR count). The molecule has 12 heteroatoms. The van der Waals surface area contributed by atoms with Crippen LogP contribution in [0.1, 0.15) is 53.5 Å². The molecule has 1 heterocycles. The highest BCUT2D eigenvalue weighted by Crippen LogP contribution is 2.36. The van der Waals surface area contributed by atoms with E-state index in [9.17, 15) is 19.7 Å². The Bertz CT molecular complexity index is 1670. The average molecular weight is 614 g/mol. The van der Waals surface area contributed by atoms with Gasteiger partial charge in [-0.15, -0.1) is 0 Å². The first kappa shape index (κ1) is 27.9. The highest BCUT2D eigenvalue weighted by Gasteiger charge is 2.21. The van der Waals surface area contributed by atoms with Crippen molar-refractivity contribution in [1.82, 2.24) is 9.66 Å². The Morgan fingerprint density at radius 2 is 1.97 bits per heavy atom. The summed E-state index contributed by atoms with van der Waals surface area (Å²) in [6, 6.07) is 13.8. The predicted octanol–water partition coefficient (Wildman–Crippen LogP) is 6.39. The van der Waals surface area contributed by atoms with Crippen LogP contribution in [-0.2, 0) is 6.61 Å². The fourth-order valence-corrected chi connectivity index (χ4v) is 4.39. The molecule has 200 valence electrons. The first-order chi connectivity index (χ1) is 18.6. The molecule has 0 aliphatic heterocycles. The summed E-state index contributed by atoms with van der Waals surface area (Å²) in [7, 11) is 0. The van der Waals surface area contributed by atoms with Crippen molar-refractivity contribution in [1.29, 1.82) is 0 Å². The molecule has 10 nitrogen and oxygen atoms in total. The smallest absolute Gasteiger partial charge is 0.335 e. The van der Waals surface area contributed by atoms with Gasteiger partial charge in [0.2, 0.25) is 5.75 Å². The van der Waals surface area contributed by atoms with Gasteiger partial charge in [0, 0.05) is 22.0 Å². The normalized spacial score (nSPS) is 12.1. The molecule has 0 radical (unpaired) electrons. The van der Waals surface area contributed by atoms with Gasteiger partial charge in [-0.05, 0) is 48.4 Å². The van der Waals surface area contributed by atoms with E-state index in [0.29, 0.717) is 28.7 Å². The Morgan fingerprint density at radius 1 is 1.26 bits per heavy atom. The van der Waals surface area contributed by atoms with Gasteiger partial charge in [-0.3, -0.25) is 14.9 Å². The number of halogens is 2. The van der Waals surface area contributed by atoms with Gasteiger partial charge in [0.1, 0.15) is 12.4 Å². The lowest BCUT2D eigenvalue weighted by molar-refractivity contribution is -0.385. The second-order valence-corrected chi connectivity index (χ2v) is 10.0. The zero-order chi connectivity index (χ0) is 28.3. The van der Waals surface area contributed by atoms with Crippen LogP contribution in [0.3, 0.4) is 0 Å². The molecule has 1 aromatic heterocycles. The van der Waals surface area contributed by atoms with Crippen molar-refractivity contribution in [3.8, 4) is 5.75 Å². The number of nitro benzene ring substituents is 1. The van der Waals surface area contributed by atoms with Crippen molar-refractivity contribution in [2.45, 2.75) is 32.8 Å². The van der Waals surface area contributed by atoms with E-state index in [0.717, 1.165) is 4.47 Å². The van der Waals surface area contributed by atoms with Crippen LogP contribution in [0.4, 0.5) is 5.69 Å². The molecule has 39 heavy (non-hydrogen) atoms. The van der Waals surface area contributed by atoms with Gasteiger partial charge in [0.05, 0.1) is 32.6 Å². The van der Waals surface area contributed by atoms with E-state index in [2.05, 4.69) is 26.0 Å². The Balaban J connectivity index is 1.69. The molecule has 0 amide bonds. The van der Waals surface area contributed by atoms with Gasteiger partial charge >= 0.3 is 11.7 Å². The number of ether oxygens (including phenoxy) is 1. The number of carboxylic acid groups (broad SMARTS) is 1. The maximum Gasteiger partial charge on any atom is 0.335 e. The highest BCUT2D eigenvalue weighted by atomic mass is 79.9. The summed E-state index contributed by atoms with van der Waals surface area (Å²) in [5.74, 6) is -0.829. The number of hydrogen-bond donors (Lipinski definition) is 1. The molecule has 0 bridgehead atoms. The Hall–Kier alpha value is -4.09. The summed E-state index contributed by atoms with van der Waals surface area (Å²) in [5.41, 5.74) is 0.770. The molecule has 0 fully saturated rings. The number of aromatic carboxylic acids is 1. The molecular formula is C27H22BrClN4O6. The minimum Gasteiger partial charge on any atom is -0.481 e. The highest BCUT2D eigenvalue weighted by molar-refractivity contribution is 9.10. The maximum absolute atomic E-state index is 13.3. The molecule has 0 aliphatic rings. The number of aromatic nitrogens is 2. The van der Waals surface area contributed by atoms with Crippen molar-refractivity contribution in [3.63, 3.8) is 0 Å². The summed E-state index contributed by atoms with van der Waals surface area (Å²) >= 11 is 9.74. The monoisotopic (exact) mass is 612 g/mol. The van der Waals surface area contributed by atoms with Crippen LogP contribution in [0.25, 0.3) is 10.9 Å². The summed E-state index contributed by atoms with van der Waals surface area (Å²) in [6.45, 7) is 3.83. The quantitative estimate of drug-likeness (QED) is 0.131. The number of rotatable bonds is 9. The third-order valence-corrected chi connectivity index (χ3v) is 6.81. The summed E-state index contributed by atoms with van der Waals surface area (Å²) < 4.78 is 7.56. The van der Waals surface area contributed by atoms with E-state index in [1.165, 1.54) is 35.2 Å². The Labute approximate surface area is 235 Å². The van der Waals surface area contributed by atoms with Gasteiger partial charge in [-0.1, -0.05) is 53.5 Å². The number of hydrogen-bond acceptors (Lipinski definition) is 7. The van der Waals surface area contributed by atoms with Crippen molar-refractivity contribution in [3.05, 3.63) is 107 Å². The molecule has 0 saturated heterocycles. The number of benzene rings is 3.